The number of hydrogen-bond acceptors (Lipinski definition) is 6. The largest absolute Gasteiger partial charge is 0.465 e. The van der Waals surface area contributed by atoms with Crippen LogP contribution in [0.3, 0.4) is 0 Å². The van der Waals surface area contributed by atoms with Crippen molar-refractivity contribution in [3.8, 4) is 0 Å². The predicted molar refractivity (Wildman–Crippen MR) is 124 cm³/mol. The van der Waals surface area contributed by atoms with Crippen molar-refractivity contribution >= 4 is 57.3 Å². The zero-order valence-corrected chi connectivity index (χ0v) is 20.6. The number of nitrogens with zero attached hydrogens (tertiary/aromatic N) is 1. The number of esters is 2. The van der Waals surface area contributed by atoms with Crippen LogP contribution in [0.25, 0.3) is 5.57 Å². The molecule has 1 aliphatic heterocycles. The Morgan fingerprint density at radius 3 is 2.57 bits per heavy atom. The van der Waals surface area contributed by atoms with Crippen molar-refractivity contribution < 1.29 is 23.9 Å². The molecule has 1 aliphatic carbocycles. The minimum atomic E-state index is -0.464. The van der Waals surface area contributed by atoms with E-state index in [4.69, 9.17) is 9.47 Å². The quantitative estimate of drug-likeness (QED) is 0.402. The molecule has 0 spiro atoms. The SMILES string of the molecule is COC(=O)c1sc(I)cc1C1=C(C2CCC(C)CC2)CCN(C(=O)COC(C)=O)C1. The van der Waals surface area contributed by atoms with Crippen molar-refractivity contribution in [1.82, 2.24) is 4.90 Å². The highest BCUT2D eigenvalue weighted by Crippen LogP contribution is 2.42. The van der Waals surface area contributed by atoms with Gasteiger partial charge in [0.15, 0.2) is 6.61 Å². The second kappa shape index (κ2) is 10.3. The molecule has 30 heavy (non-hydrogen) atoms. The third-order valence-electron chi connectivity index (χ3n) is 6.05. The second-order valence-corrected chi connectivity index (χ2v) is 11.0. The van der Waals surface area contributed by atoms with Crippen LogP contribution in [0.4, 0.5) is 0 Å². The van der Waals surface area contributed by atoms with Crippen LogP contribution >= 0.6 is 33.9 Å². The van der Waals surface area contributed by atoms with E-state index in [0.717, 1.165) is 39.2 Å². The van der Waals surface area contributed by atoms with Crippen LogP contribution in [-0.2, 0) is 19.1 Å². The maximum absolute atomic E-state index is 12.6. The number of amides is 1. The van der Waals surface area contributed by atoms with E-state index in [2.05, 4.69) is 29.5 Å². The number of rotatable bonds is 5. The molecular weight excluding hydrogens is 517 g/mol. The summed E-state index contributed by atoms with van der Waals surface area (Å²) in [5.41, 5.74) is 3.32. The highest BCUT2D eigenvalue weighted by molar-refractivity contribution is 14.1. The van der Waals surface area contributed by atoms with Gasteiger partial charge >= 0.3 is 11.9 Å². The first-order valence-electron chi connectivity index (χ1n) is 10.3. The topological polar surface area (TPSA) is 72.9 Å². The molecule has 1 aromatic heterocycles. The molecule has 2 heterocycles. The summed E-state index contributed by atoms with van der Waals surface area (Å²) in [5, 5.41) is 0. The summed E-state index contributed by atoms with van der Waals surface area (Å²) in [6.45, 7) is 4.40. The smallest absolute Gasteiger partial charge is 0.348 e. The van der Waals surface area contributed by atoms with E-state index in [-0.39, 0.29) is 18.5 Å². The van der Waals surface area contributed by atoms with Crippen molar-refractivity contribution in [2.24, 2.45) is 11.8 Å². The number of methoxy groups -OCH3 is 1. The Kier molecular flexibility index (Phi) is 7.95. The zero-order chi connectivity index (χ0) is 21.8. The van der Waals surface area contributed by atoms with Crippen LogP contribution in [0, 0.1) is 14.7 Å². The van der Waals surface area contributed by atoms with Gasteiger partial charge in [0.1, 0.15) is 4.88 Å². The molecule has 0 aromatic carbocycles. The van der Waals surface area contributed by atoms with Crippen molar-refractivity contribution in [3.05, 3.63) is 25.0 Å². The molecule has 2 aliphatic rings. The monoisotopic (exact) mass is 545 g/mol. The van der Waals surface area contributed by atoms with Crippen molar-refractivity contribution in [1.29, 1.82) is 0 Å². The van der Waals surface area contributed by atoms with E-state index >= 15 is 0 Å². The number of halogens is 1. The Labute approximate surface area is 195 Å². The predicted octanol–water partition coefficient (Wildman–Crippen LogP) is 4.51. The van der Waals surface area contributed by atoms with Crippen LogP contribution in [-0.4, -0.2) is 49.6 Å². The van der Waals surface area contributed by atoms with Gasteiger partial charge in [-0.25, -0.2) is 4.79 Å². The van der Waals surface area contributed by atoms with Gasteiger partial charge in [-0.15, -0.1) is 11.3 Å². The van der Waals surface area contributed by atoms with Crippen LogP contribution in [0.5, 0.6) is 0 Å². The Hall–Kier alpha value is -1.42. The van der Waals surface area contributed by atoms with E-state index in [1.54, 1.807) is 4.90 Å². The van der Waals surface area contributed by atoms with Gasteiger partial charge in [-0.1, -0.05) is 25.3 Å². The summed E-state index contributed by atoms with van der Waals surface area (Å²) in [5.74, 6) is 0.232. The first kappa shape index (κ1) is 23.2. The van der Waals surface area contributed by atoms with Gasteiger partial charge in [0.25, 0.3) is 5.91 Å². The molecule has 0 radical (unpaired) electrons. The molecule has 1 saturated carbocycles. The van der Waals surface area contributed by atoms with Gasteiger partial charge in [-0.3, -0.25) is 9.59 Å². The van der Waals surface area contributed by atoms with Gasteiger partial charge in [0, 0.05) is 25.6 Å². The summed E-state index contributed by atoms with van der Waals surface area (Å²) in [4.78, 5) is 38.5. The van der Waals surface area contributed by atoms with E-state index in [0.29, 0.717) is 23.9 Å². The maximum atomic E-state index is 12.6. The van der Waals surface area contributed by atoms with E-state index in [9.17, 15) is 14.4 Å². The molecule has 0 unspecified atom stereocenters. The molecule has 8 heteroatoms. The van der Waals surface area contributed by atoms with Crippen LogP contribution < -0.4 is 0 Å². The lowest BCUT2D eigenvalue weighted by Gasteiger charge is -2.36. The fourth-order valence-corrected chi connectivity index (χ4v) is 6.19. The molecule has 3 rings (SSSR count). The standard InChI is InChI=1S/C22H28INO5S/c1-13-4-6-15(7-5-13)16-8-9-24(20(26)12-29-14(2)25)11-18(16)17-10-19(23)30-21(17)22(27)28-3/h10,13,15H,4-9,11-12H2,1-3H3. The summed E-state index contributed by atoms with van der Waals surface area (Å²) in [7, 11) is 1.40. The van der Waals surface area contributed by atoms with Gasteiger partial charge in [0.05, 0.1) is 9.99 Å². The van der Waals surface area contributed by atoms with Crippen LogP contribution in [0.15, 0.2) is 11.6 Å². The van der Waals surface area contributed by atoms with E-state index in [1.807, 2.05) is 6.07 Å². The highest BCUT2D eigenvalue weighted by atomic mass is 127. The third-order valence-corrected chi connectivity index (χ3v) is 7.92. The average molecular weight is 545 g/mol. The summed E-state index contributed by atoms with van der Waals surface area (Å²) in [6, 6.07) is 2.03. The van der Waals surface area contributed by atoms with Crippen molar-refractivity contribution in [3.63, 3.8) is 0 Å². The fourth-order valence-electron chi connectivity index (χ4n) is 4.39. The number of carbonyl (C=O) groups excluding carboxylic acids is 3. The molecule has 1 fully saturated rings. The Morgan fingerprint density at radius 1 is 1.23 bits per heavy atom. The van der Waals surface area contributed by atoms with Crippen LogP contribution in [0.1, 0.15) is 61.2 Å². The molecule has 164 valence electrons. The minimum Gasteiger partial charge on any atom is -0.465 e. The second-order valence-electron chi connectivity index (χ2n) is 8.09. The van der Waals surface area contributed by atoms with E-state index < -0.39 is 5.97 Å². The lowest BCUT2D eigenvalue weighted by Crippen LogP contribution is -2.40. The molecule has 1 aromatic rings. The Balaban J connectivity index is 1.96. The first-order valence-corrected chi connectivity index (χ1v) is 12.2. The van der Waals surface area contributed by atoms with Gasteiger partial charge in [0.2, 0.25) is 0 Å². The van der Waals surface area contributed by atoms with Gasteiger partial charge < -0.3 is 14.4 Å². The number of hydrogen-bond donors (Lipinski definition) is 0. The van der Waals surface area contributed by atoms with Crippen molar-refractivity contribution in [2.45, 2.75) is 46.0 Å². The Bertz CT molecular complexity index is 854. The number of carbonyl (C=O) groups is 3. The molecular formula is C22H28INO5S. The first-order chi connectivity index (χ1) is 14.3. The number of thiophene rings is 1. The molecule has 0 atom stereocenters. The molecule has 1 amide bonds. The Morgan fingerprint density at radius 2 is 1.93 bits per heavy atom. The summed E-state index contributed by atoms with van der Waals surface area (Å²) < 4.78 is 10.9. The van der Waals surface area contributed by atoms with Gasteiger partial charge in [-0.2, -0.15) is 0 Å². The minimum absolute atomic E-state index is 0.205. The van der Waals surface area contributed by atoms with Gasteiger partial charge in [-0.05, 0) is 65.3 Å². The van der Waals surface area contributed by atoms with E-state index in [1.165, 1.54) is 43.8 Å². The third kappa shape index (κ3) is 5.43. The molecule has 0 bridgehead atoms. The zero-order valence-electron chi connectivity index (χ0n) is 17.7. The fraction of sp³-hybridized carbons (Fsp3) is 0.591. The summed E-state index contributed by atoms with van der Waals surface area (Å²) >= 11 is 3.64. The average Bonchev–Trinajstić information content (AvgIpc) is 3.13. The lowest BCUT2D eigenvalue weighted by molar-refractivity contribution is -0.150. The molecule has 0 N–H and O–H groups in total. The summed E-state index contributed by atoms with van der Waals surface area (Å²) in [6.07, 6.45) is 5.50. The van der Waals surface area contributed by atoms with Crippen molar-refractivity contribution in [2.75, 3.05) is 26.8 Å². The maximum Gasteiger partial charge on any atom is 0.348 e. The normalized spacial score (nSPS) is 22.1. The van der Waals surface area contributed by atoms with Crippen LogP contribution in [0.2, 0.25) is 0 Å². The highest BCUT2D eigenvalue weighted by Gasteiger charge is 2.32. The lowest BCUT2D eigenvalue weighted by atomic mass is 9.75. The molecule has 0 saturated heterocycles. The number of ether oxygens (including phenoxy) is 2. The molecule has 6 nitrogen and oxygen atoms in total.